The summed E-state index contributed by atoms with van der Waals surface area (Å²) < 4.78 is 13.2. The molecule has 0 spiro atoms. The number of rotatable bonds is 4. The molecule has 0 bridgehead atoms. The third kappa shape index (κ3) is 4.26. The molecule has 1 N–H and O–H groups in total. The van der Waals surface area contributed by atoms with Crippen molar-refractivity contribution in [2.75, 3.05) is 23.3 Å². The second kappa shape index (κ2) is 7.67. The topological polar surface area (TPSA) is 32.3 Å². The van der Waals surface area contributed by atoms with Crippen molar-refractivity contribution in [1.29, 1.82) is 0 Å². The molecule has 1 aliphatic heterocycles. The van der Waals surface area contributed by atoms with Crippen molar-refractivity contribution < 1.29 is 9.18 Å². The van der Waals surface area contributed by atoms with Crippen molar-refractivity contribution in [2.45, 2.75) is 25.7 Å². The molecular formula is C19H20ClFN2O. The van der Waals surface area contributed by atoms with Crippen molar-refractivity contribution >= 4 is 28.9 Å². The van der Waals surface area contributed by atoms with Crippen LogP contribution in [0.25, 0.3) is 0 Å². The summed E-state index contributed by atoms with van der Waals surface area (Å²) >= 11 is 6.10. The minimum Gasteiger partial charge on any atom is -0.370 e. The predicted molar refractivity (Wildman–Crippen MR) is 96.2 cm³/mol. The van der Waals surface area contributed by atoms with Crippen LogP contribution in [-0.2, 0) is 11.2 Å². The Balaban J connectivity index is 1.75. The molecule has 0 aromatic heterocycles. The minimum atomic E-state index is -0.336. The lowest BCUT2D eigenvalue weighted by Crippen LogP contribution is -2.30. The molecule has 126 valence electrons. The Labute approximate surface area is 146 Å². The molecular weight excluding hydrogens is 327 g/mol. The van der Waals surface area contributed by atoms with Crippen molar-refractivity contribution in [3.05, 3.63) is 58.9 Å². The maximum atomic E-state index is 13.2. The minimum absolute atomic E-state index is 0.129. The highest BCUT2D eigenvalue weighted by Crippen LogP contribution is 2.31. The van der Waals surface area contributed by atoms with Gasteiger partial charge < -0.3 is 10.2 Å². The van der Waals surface area contributed by atoms with E-state index < -0.39 is 0 Å². The van der Waals surface area contributed by atoms with Gasteiger partial charge in [0.2, 0.25) is 5.91 Å². The molecule has 2 aromatic rings. The smallest absolute Gasteiger partial charge is 0.228 e. The Kier molecular flexibility index (Phi) is 5.36. The summed E-state index contributed by atoms with van der Waals surface area (Å²) in [4.78, 5) is 14.6. The highest BCUT2D eigenvalue weighted by Gasteiger charge is 2.16. The zero-order valence-corrected chi connectivity index (χ0v) is 14.2. The fourth-order valence-corrected chi connectivity index (χ4v) is 3.22. The average molecular weight is 347 g/mol. The monoisotopic (exact) mass is 346 g/mol. The standard InChI is InChI=1S/C19H20ClFN2O/c20-15-7-8-18(23-9-2-1-3-10-23)17(13-15)22-19(24)12-14-5-4-6-16(21)11-14/h4-8,11,13H,1-3,9-10,12H2,(H,22,24). The van der Waals surface area contributed by atoms with Gasteiger partial charge >= 0.3 is 0 Å². The van der Waals surface area contributed by atoms with Gasteiger partial charge in [-0.2, -0.15) is 0 Å². The van der Waals surface area contributed by atoms with E-state index in [1.807, 2.05) is 12.1 Å². The molecule has 1 amide bonds. The molecule has 1 heterocycles. The zero-order chi connectivity index (χ0) is 16.9. The summed E-state index contributed by atoms with van der Waals surface area (Å²) in [6, 6.07) is 11.7. The van der Waals surface area contributed by atoms with Crippen LogP contribution in [0.3, 0.4) is 0 Å². The molecule has 2 aromatic carbocycles. The number of amides is 1. The number of halogens is 2. The van der Waals surface area contributed by atoms with Crippen LogP contribution in [0, 0.1) is 5.82 Å². The average Bonchev–Trinajstić information content (AvgIpc) is 2.55. The summed E-state index contributed by atoms with van der Waals surface area (Å²) in [5, 5.41) is 3.51. The zero-order valence-electron chi connectivity index (χ0n) is 13.4. The van der Waals surface area contributed by atoms with E-state index in [2.05, 4.69) is 10.2 Å². The molecule has 24 heavy (non-hydrogen) atoms. The van der Waals surface area contributed by atoms with Gasteiger partial charge in [-0.1, -0.05) is 23.7 Å². The molecule has 0 saturated carbocycles. The highest BCUT2D eigenvalue weighted by molar-refractivity contribution is 6.31. The van der Waals surface area contributed by atoms with Crippen LogP contribution in [-0.4, -0.2) is 19.0 Å². The lowest BCUT2D eigenvalue weighted by molar-refractivity contribution is -0.115. The number of nitrogens with one attached hydrogen (secondary N) is 1. The normalized spacial score (nSPS) is 14.5. The van der Waals surface area contributed by atoms with Crippen LogP contribution < -0.4 is 10.2 Å². The van der Waals surface area contributed by atoms with Gasteiger partial charge in [0.05, 0.1) is 17.8 Å². The van der Waals surface area contributed by atoms with Gasteiger partial charge in [0.1, 0.15) is 5.82 Å². The van der Waals surface area contributed by atoms with Crippen molar-refractivity contribution in [1.82, 2.24) is 0 Å². The van der Waals surface area contributed by atoms with Crippen molar-refractivity contribution in [3.8, 4) is 0 Å². The first-order valence-corrected chi connectivity index (χ1v) is 8.58. The number of carbonyl (C=O) groups is 1. The molecule has 3 nitrogen and oxygen atoms in total. The quantitative estimate of drug-likeness (QED) is 0.873. The molecule has 1 fully saturated rings. The highest BCUT2D eigenvalue weighted by atomic mass is 35.5. The van der Waals surface area contributed by atoms with Crippen molar-refractivity contribution in [2.24, 2.45) is 0 Å². The number of piperidine rings is 1. The third-order valence-corrected chi connectivity index (χ3v) is 4.42. The molecule has 5 heteroatoms. The Morgan fingerprint density at radius 1 is 1.12 bits per heavy atom. The lowest BCUT2D eigenvalue weighted by Gasteiger charge is -2.30. The molecule has 0 unspecified atom stereocenters. The molecule has 0 aliphatic carbocycles. The predicted octanol–water partition coefficient (Wildman–Crippen LogP) is 4.65. The van der Waals surface area contributed by atoms with Gasteiger partial charge in [0.25, 0.3) is 0 Å². The first-order valence-electron chi connectivity index (χ1n) is 8.20. The van der Waals surface area contributed by atoms with Crippen LogP contribution in [0.2, 0.25) is 5.02 Å². The Morgan fingerprint density at radius 2 is 1.92 bits per heavy atom. The molecule has 1 aliphatic rings. The van der Waals surface area contributed by atoms with Gasteiger partial charge in [-0.25, -0.2) is 4.39 Å². The van der Waals surface area contributed by atoms with E-state index >= 15 is 0 Å². The van der Waals surface area contributed by atoms with E-state index in [0.29, 0.717) is 16.3 Å². The fraction of sp³-hybridized carbons (Fsp3) is 0.316. The Hall–Kier alpha value is -2.07. The molecule has 1 saturated heterocycles. The lowest BCUT2D eigenvalue weighted by atomic mass is 10.1. The van der Waals surface area contributed by atoms with Crippen LogP contribution in [0.1, 0.15) is 24.8 Å². The summed E-state index contributed by atoms with van der Waals surface area (Å²) in [5.74, 6) is -0.516. The summed E-state index contributed by atoms with van der Waals surface area (Å²) in [6.07, 6.45) is 3.67. The molecule has 3 rings (SSSR count). The van der Waals surface area contributed by atoms with Gasteiger partial charge in [-0.15, -0.1) is 0 Å². The summed E-state index contributed by atoms with van der Waals surface area (Å²) in [5.41, 5.74) is 2.35. The number of benzene rings is 2. The number of anilines is 2. The van der Waals surface area contributed by atoms with Gasteiger partial charge in [0, 0.05) is 18.1 Å². The second-order valence-electron chi connectivity index (χ2n) is 6.06. The summed E-state index contributed by atoms with van der Waals surface area (Å²) in [7, 11) is 0. The third-order valence-electron chi connectivity index (χ3n) is 4.18. The van der Waals surface area contributed by atoms with Gasteiger partial charge in [0.15, 0.2) is 0 Å². The second-order valence-corrected chi connectivity index (χ2v) is 6.50. The van der Waals surface area contributed by atoms with Crippen LogP contribution in [0.4, 0.5) is 15.8 Å². The van der Waals surface area contributed by atoms with E-state index in [-0.39, 0.29) is 18.1 Å². The van der Waals surface area contributed by atoms with Gasteiger partial charge in [-0.05, 0) is 55.2 Å². The molecule has 0 atom stereocenters. The van der Waals surface area contributed by atoms with Crippen LogP contribution >= 0.6 is 11.6 Å². The Bertz CT molecular complexity index is 729. The van der Waals surface area contributed by atoms with Gasteiger partial charge in [-0.3, -0.25) is 4.79 Å². The number of hydrogen-bond donors (Lipinski definition) is 1. The first kappa shape index (κ1) is 16.8. The van der Waals surface area contributed by atoms with E-state index in [1.165, 1.54) is 18.6 Å². The van der Waals surface area contributed by atoms with Crippen LogP contribution in [0.15, 0.2) is 42.5 Å². The fourth-order valence-electron chi connectivity index (χ4n) is 3.05. The first-order chi connectivity index (χ1) is 11.6. The maximum absolute atomic E-state index is 13.2. The SMILES string of the molecule is O=C(Cc1cccc(F)c1)Nc1cc(Cl)ccc1N1CCCCC1. The number of hydrogen-bond acceptors (Lipinski definition) is 2. The maximum Gasteiger partial charge on any atom is 0.228 e. The molecule has 0 radical (unpaired) electrons. The van der Waals surface area contributed by atoms with Crippen LogP contribution in [0.5, 0.6) is 0 Å². The van der Waals surface area contributed by atoms with Crippen molar-refractivity contribution in [3.63, 3.8) is 0 Å². The summed E-state index contributed by atoms with van der Waals surface area (Å²) in [6.45, 7) is 1.96. The van der Waals surface area contributed by atoms with E-state index in [1.54, 1.807) is 18.2 Å². The van der Waals surface area contributed by atoms with E-state index in [4.69, 9.17) is 11.6 Å². The number of carbonyl (C=O) groups excluding carboxylic acids is 1. The largest absolute Gasteiger partial charge is 0.370 e. The Morgan fingerprint density at radius 3 is 2.67 bits per heavy atom. The van der Waals surface area contributed by atoms with E-state index in [9.17, 15) is 9.18 Å². The number of nitrogens with zero attached hydrogens (tertiary/aromatic N) is 1. The van der Waals surface area contributed by atoms with E-state index in [0.717, 1.165) is 31.6 Å².